The van der Waals surface area contributed by atoms with Gasteiger partial charge in [0.2, 0.25) is 5.91 Å². The van der Waals surface area contributed by atoms with Crippen LogP contribution in [0.1, 0.15) is 33.6 Å². The lowest BCUT2D eigenvalue weighted by Crippen LogP contribution is -2.57. The fraction of sp³-hybridized carbons (Fsp3) is 0.667. The molecule has 1 saturated heterocycles. The van der Waals surface area contributed by atoms with Crippen LogP contribution in [0.3, 0.4) is 0 Å². The molecule has 0 radical (unpaired) electrons. The van der Waals surface area contributed by atoms with E-state index < -0.39 is 0 Å². The number of carbonyl (C=O) groups excluding carboxylic acids is 2. The van der Waals surface area contributed by atoms with Crippen molar-refractivity contribution < 1.29 is 9.59 Å². The van der Waals surface area contributed by atoms with Gasteiger partial charge in [0.05, 0.1) is 5.75 Å². The van der Waals surface area contributed by atoms with Crippen LogP contribution in [-0.4, -0.2) is 70.3 Å². The summed E-state index contributed by atoms with van der Waals surface area (Å²) in [7, 11) is 0. The van der Waals surface area contributed by atoms with E-state index in [0.29, 0.717) is 36.0 Å². The number of nitrogens with zero attached hydrogens (tertiary/aromatic N) is 4. The number of urea groups is 1. The van der Waals surface area contributed by atoms with Crippen LogP contribution in [-0.2, 0) is 4.79 Å². The highest BCUT2D eigenvalue weighted by Gasteiger charge is 2.29. The van der Waals surface area contributed by atoms with Crippen LogP contribution in [0.2, 0.25) is 5.15 Å². The number of rotatable bonds is 6. The maximum atomic E-state index is 12.3. The molecule has 3 amide bonds. The van der Waals surface area contributed by atoms with Gasteiger partial charge in [-0.25, -0.2) is 14.8 Å². The summed E-state index contributed by atoms with van der Waals surface area (Å²) in [6.07, 6.45) is 2.13. The molecule has 2 heterocycles. The fourth-order valence-electron chi connectivity index (χ4n) is 3.04. The van der Waals surface area contributed by atoms with Crippen molar-refractivity contribution in [3.05, 3.63) is 11.2 Å². The first-order chi connectivity index (χ1) is 13.3. The van der Waals surface area contributed by atoms with Crippen LogP contribution in [0.25, 0.3) is 0 Å². The quantitative estimate of drug-likeness (QED) is 0.411. The molecule has 1 aromatic rings. The standard InChI is InChI=1S/C18H27ClN6O2S/c1-11(2)20-18(27)25-7-6-24(9-12(25)3)15-8-14(19)22-17(23-15)28-10-16(26)21-13-4-5-13/h8,11-13H,4-7,9-10H2,1-3H3,(H,20,27)(H,21,26)/t12-/m1/s1. The summed E-state index contributed by atoms with van der Waals surface area (Å²) in [5, 5.41) is 6.73. The van der Waals surface area contributed by atoms with Gasteiger partial charge in [-0.2, -0.15) is 0 Å². The maximum Gasteiger partial charge on any atom is 0.317 e. The Kier molecular flexibility index (Phi) is 6.87. The number of halogens is 1. The Balaban J connectivity index is 1.59. The van der Waals surface area contributed by atoms with Gasteiger partial charge in [0, 0.05) is 43.8 Å². The van der Waals surface area contributed by atoms with Crippen molar-refractivity contribution in [2.75, 3.05) is 30.3 Å². The van der Waals surface area contributed by atoms with Gasteiger partial charge >= 0.3 is 6.03 Å². The molecule has 0 aromatic carbocycles. The molecule has 154 valence electrons. The van der Waals surface area contributed by atoms with Gasteiger partial charge in [0.1, 0.15) is 11.0 Å². The fourth-order valence-corrected chi connectivity index (χ4v) is 3.93. The van der Waals surface area contributed by atoms with Crippen LogP contribution in [0, 0.1) is 0 Å². The number of nitrogens with one attached hydrogen (secondary N) is 2. The minimum Gasteiger partial charge on any atom is -0.353 e. The molecule has 1 saturated carbocycles. The van der Waals surface area contributed by atoms with Gasteiger partial charge in [0.25, 0.3) is 0 Å². The van der Waals surface area contributed by atoms with E-state index in [1.165, 1.54) is 11.8 Å². The van der Waals surface area contributed by atoms with E-state index in [1.54, 1.807) is 6.07 Å². The molecule has 2 N–H and O–H groups in total. The number of thioether (sulfide) groups is 1. The zero-order valence-corrected chi connectivity index (χ0v) is 18.0. The summed E-state index contributed by atoms with van der Waals surface area (Å²) >= 11 is 7.47. The Morgan fingerprint density at radius 1 is 1.32 bits per heavy atom. The van der Waals surface area contributed by atoms with Crippen LogP contribution < -0.4 is 15.5 Å². The van der Waals surface area contributed by atoms with Crippen molar-refractivity contribution in [2.45, 2.75) is 56.9 Å². The SMILES string of the molecule is CC(C)NC(=O)N1CCN(c2cc(Cl)nc(SCC(=O)NC3CC3)n2)C[C@H]1C. The Bertz CT molecular complexity index is 730. The number of amides is 3. The van der Waals surface area contributed by atoms with E-state index in [1.807, 2.05) is 25.7 Å². The third-order valence-corrected chi connectivity index (χ3v) is 5.60. The van der Waals surface area contributed by atoms with E-state index in [2.05, 4.69) is 25.5 Å². The van der Waals surface area contributed by atoms with Crippen molar-refractivity contribution in [3.63, 3.8) is 0 Å². The summed E-state index contributed by atoms with van der Waals surface area (Å²) in [6, 6.07) is 2.18. The first-order valence-electron chi connectivity index (χ1n) is 9.60. The first-order valence-corrected chi connectivity index (χ1v) is 11.0. The number of aromatic nitrogens is 2. The molecule has 0 spiro atoms. The molecule has 2 fully saturated rings. The zero-order valence-electron chi connectivity index (χ0n) is 16.4. The molecular weight excluding hydrogens is 400 g/mol. The second-order valence-corrected chi connectivity index (χ2v) is 8.88. The van der Waals surface area contributed by atoms with Crippen molar-refractivity contribution in [1.82, 2.24) is 25.5 Å². The highest BCUT2D eigenvalue weighted by Crippen LogP contribution is 2.24. The van der Waals surface area contributed by atoms with E-state index in [4.69, 9.17) is 11.6 Å². The molecule has 10 heteroatoms. The smallest absolute Gasteiger partial charge is 0.317 e. The van der Waals surface area contributed by atoms with Gasteiger partial charge in [-0.05, 0) is 33.6 Å². The molecule has 28 heavy (non-hydrogen) atoms. The summed E-state index contributed by atoms with van der Waals surface area (Å²) < 4.78 is 0. The second-order valence-electron chi connectivity index (χ2n) is 7.55. The maximum absolute atomic E-state index is 12.3. The van der Waals surface area contributed by atoms with Gasteiger partial charge < -0.3 is 20.4 Å². The third-order valence-electron chi connectivity index (χ3n) is 4.56. The summed E-state index contributed by atoms with van der Waals surface area (Å²) in [5.41, 5.74) is 0. The van der Waals surface area contributed by atoms with Gasteiger partial charge in [-0.3, -0.25) is 4.79 Å². The Morgan fingerprint density at radius 2 is 2.07 bits per heavy atom. The summed E-state index contributed by atoms with van der Waals surface area (Å²) in [4.78, 5) is 36.9. The lowest BCUT2D eigenvalue weighted by Gasteiger charge is -2.40. The average Bonchev–Trinajstić information content (AvgIpc) is 3.42. The highest BCUT2D eigenvalue weighted by molar-refractivity contribution is 7.99. The van der Waals surface area contributed by atoms with Crippen molar-refractivity contribution >= 4 is 41.1 Å². The Morgan fingerprint density at radius 3 is 2.71 bits per heavy atom. The van der Waals surface area contributed by atoms with E-state index in [9.17, 15) is 9.59 Å². The minimum absolute atomic E-state index is 0.00368. The van der Waals surface area contributed by atoms with Gasteiger partial charge in [-0.1, -0.05) is 23.4 Å². The van der Waals surface area contributed by atoms with Crippen LogP contribution in [0.4, 0.5) is 10.6 Å². The van der Waals surface area contributed by atoms with Crippen molar-refractivity contribution in [1.29, 1.82) is 0 Å². The Hall–Kier alpha value is -1.74. The predicted octanol–water partition coefficient (Wildman–Crippen LogP) is 2.13. The molecule has 2 aliphatic rings. The molecule has 1 aliphatic carbocycles. The lowest BCUT2D eigenvalue weighted by atomic mass is 10.2. The largest absolute Gasteiger partial charge is 0.353 e. The van der Waals surface area contributed by atoms with Crippen molar-refractivity contribution in [3.8, 4) is 0 Å². The molecule has 0 unspecified atom stereocenters. The average molecular weight is 427 g/mol. The van der Waals surface area contributed by atoms with E-state index >= 15 is 0 Å². The molecular formula is C18H27ClN6O2S. The van der Waals surface area contributed by atoms with E-state index in [0.717, 1.165) is 18.7 Å². The predicted molar refractivity (Wildman–Crippen MR) is 111 cm³/mol. The highest BCUT2D eigenvalue weighted by atomic mass is 35.5. The minimum atomic E-state index is -0.0409. The number of hydrogen-bond acceptors (Lipinski definition) is 6. The third kappa shape index (κ3) is 5.88. The van der Waals surface area contributed by atoms with Gasteiger partial charge in [-0.15, -0.1) is 0 Å². The lowest BCUT2D eigenvalue weighted by molar-refractivity contribution is -0.118. The monoisotopic (exact) mass is 426 g/mol. The first kappa shape index (κ1) is 21.0. The zero-order chi connectivity index (χ0) is 20.3. The van der Waals surface area contributed by atoms with E-state index in [-0.39, 0.29) is 29.8 Å². The number of hydrogen-bond donors (Lipinski definition) is 2. The number of carbonyl (C=O) groups is 2. The second kappa shape index (κ2) is 9.17. The van der Waals surface area contributed by atoms with Crippen LogP contribution in [0.15, 0.2) is 11.2 Å². The molecule has 1 aliphatic heterocycles. The summed E-state index contributed by atoms with van der Waals surface area (Å²) in [5.74, 6) is 0.993. The van der Waals surface area contributed by atoms with Gasteiger partial charge in [0.15, 0.2) is 5.16 Å². The topological polar surface area (TPSA) is 90.5 Å². The molecule has 0 bridgehead atoms. The number of anilines is 1. The van der Waals surface area contributed by atoms with Crippen LogP contribution >= 0.6 is 23.4 Å². The molecule has 1 atom stereocenters. The molecule has 1 aromatic heterocycles. The van der Waals surface area contributed by atoms with Crippen LogP contribution in [0.5, 0.6) is 0 Å². The van der Waals surface area contributed by atoms with Crippen molar-refractivity contribution in [2.24, 2.45) is 0 Å². The Labute approximate surface area is 174 Å². The molecule has 3 rings (SSSR count). The molecule has 8 nitrogen and oxygen atoms in total. The number of piperazine rings is 1. The normalized spacial score (nSPS) is 19.7. The summed E-state index contributed by atoms with van der Waals surface area (Å²) in [6.45, 7) is 7.85.